The lowest BCUT2D eigenvalue weighted by atomic mass is 10.1. The van der Waals surface area contributed by atoms with Gasteiger partial charge in [0.1, 0.15) is 15.7 Å². The van der Waals surface area contributed by atoms with Crippen molar-refractivity contribution in [3.05, 3.63) is 59.7 Å². The van der Waals surface area contributed by atoms with E-state index in [1.807, 2.05) is 31.6 Å². The number of carbonyl (C=O) groups is 1. The molecule has 12 heteroatoms. The fraction of sp³-hybridized carbons (Fsp3) is 0.360. The van der Waals surface area contributed by atoms with E-state index in [-0.39, 0.29) is 22.7 Å². The van der Waals surface area contributed by atoms with E-state index in [9.17, 15) is 13.2 Å². The Labute approximate surface area is 223 Å². The molecule has 1 saturated heterocycles. The van der Waals surface area contributed by atoms with Crippen molar-refractivity contribution in [1.29, 1.82) is 0 Å². The van der Waals surface area contributed by atoms with Crippen LogP contribution in [0, 0.1) is 0 Å². The van der Waals surface area contributed by atoms with Gasteiger partial charge in [0.2, 0.25) is 0 Å². The van der Waals surface area contributed by atoms with Gasteiger partial charge in [-0.25, -0.2) is 27.2 Å². The van der Waals surface area contributed by atoms with Crippen molar-refractivity contribution in [3.63, 3.8) is 0 Å². The van der Waals surface area contributed by atoms with Gasteiger partial charge in [-0.1, -0.05) is 18.2 Å². The molecule has 194 valence electrons. The van der Waals surface area contributed by atoms with Gasteiger partial charge in [0.05, 0.1) is 23.3 Å². The minimum absolute atomic E-state index is 0.103. The van der Waals surface area contributed by atoms with Gasteiger partial charge < -0.3 is 9.64 Å². The van der Waals surface area contributed by atoms with Gasteiger partial charge in [0.25, 0.3) is 10.0 Å². The Bertz CT molecular complexity index is 1550. The van der Waals surface area contributed by atoms with Crippen molar-refractivity contribution in [1.82, 2.24) is 28.6 Å². The van der Waals surface area contributed by atoms with E-state index in [2.05, 4.69) is 31.0 Å². The largest absolute Gasteiger partial charge is 0.444 e. The Morgan fingerprint density at radius 1 is 1.08 bits per heavy atom. The molecule has 4 heterocycles. The Morgan fingerprint density at radius 3 is 2.46 bits per heavy atom. The molecule has 0 bridgehead atoms. The molecular weight excluding hydrogens is 560 g/mol. The van der Waals surface area contributed by atoms with E-state index >= 15 is 0 Å². The lowest BCUT2D eigenvalue weighted by Gasteiger charge is -2.33. The van der Waals surface area contributed by atoms with Gasteiger partial charge in [0, 0.05) is 36.6 Å². The first kappa shape index (κ1) is 25.4. The maximum atomic E-state index is 13.4. The summed E-state index contributed by atoms with van der Waals surface area (Å²) in [6.07, 6.45) is 7.79. The van der Waals surface area contributed by atoms with Gasteiger partial charge in [-0.15, -0.1) is 0 Å². The Kier molecular flexibility index (Phi) is 6.57. The maximum absolute atomic E-state index is 13.4. The predicted molar refractivity (Wildman–Crippen MR) is 142 cm³/mol. The SMILES string of the molecule is CC(C)(C)OC(=O)N1CCC(n2cc(-c3cn(S(=O)(=O)c4ccccc4)c4ncc(Br)nc34)cn2)CC1. The topological polar surface area (TPSA) is 112 Å². The second-order valence-corrected chi connectivity index (χ2v) is 12.6. The van der Waals surface area contributed by atoms with Crippen LogP contribution in [0.3, 0.4) is 0 Å². The summed E-state index contributed by atoms with van der Waals surface area (Å²) in [4.78, 5) is 23.2. The van der Waals surface area contributed by atoms with Crippen LogP contribution < -0.4 is 0 Å². The number of rotatable bonds is 4. The van der Waals surface area contributed by atoms with Crippen LogP contribution in [-0.2, 0) is 14.8 Å². The molecule has 0 radical (unpaired) electrons. The summed E-state index contributed by atoms with van der Waals surface area (Å²) in [7, 11) is -3.88. The summed E-state index contributed by atoms with van der Waals surface area (Å²) in [5.41, 5.74) is 1.50. The second kappa shape index (κ2) is 9.56. The lowest BCUT2D eigenvalue weighted by Crippen LogP contribution is -2.42. The van der Waals surface area contributed by atoms with Gasteiger partial charge in [-0.3, -0.25) is 4.68 Å². The molecule has 0 unspecified atom stereocenters. The summed E-state index contributed by atoms with van der Waals surface area (Å²) in [5, 5.41) is 4.57. The molecule has 0 spiro atoms. The number of benzene rings is 1. The molecule has 37 heavy (non-hydrogen) atoms. The van der Waals surface area contributed by atoms with Gasteiger partial charge >= 0.3 is 6.09 Å². The molecule has 4 aromatic rings. The Hall–Kier alpha value is -3.25. The van der Waals surface area contributed by atoms with E-state index in [4.69, 9.17) is 4.74 Å². The highest BCUT2D eigenvalue weighted by atomic mass is 79.9. The van der Waals surface area contributed by atoms with E-state index < -0.39 is 15.6 Å². The van der Waals surface area contributed by atoms with Crippen molar-refractivity contribution >= 4 is 43.2 Å². The fourth-order valence-electron chi connectivity index (χ4n) is 4.36. The predicted octanol–water partition coefficient (Wildman–Crippen LogP) is 4.87. The molecular formula is C25H27BrN6O4S. The van der Waals surface area contributed by atoms with Crippen LogP contribution in [0.1, 0.15) is 39.7 Å². The summed E-state index contributed by atoms with van der Waals surface area (Å²) < 4.78 is 35.9. The first-order valence-electron chi connectivity index (χ1n) is 11.9. The van der Waals surface area contributed by atoms with Crippen LogP contribution >= 0.6 is 15.9 Å². The van der Waals surface area contributed by atoms with Gasteiger partial charge in [0.15, 0.2) is 5.65 Å². The molecule has 0 atom stereocenters. The number of ether oxygens (including phenoxy) is 1. The number of amides is 1. The number of fused-ring (bicyclic) bond motifs is 1. The van der Waals surface area contributed by atoms with Crippen LogP contribution in [-0.4, -0.2) is 61.8 Å². The summed E-state index contributed by atoms with van der Waals surface area (Å²) in [6, 6.07) is 8.33. The third-order valence-electron chi connectivity index (χ3n) is 6.14. The molecule has 1 fully saturated rings. The van der Waals surface area contributed by atoms with Crippen molar-refractivity contribution in [2.24, 2.45) is 0 Å². The van der Waals surface area contributed by atoms with Crippen molar-refractivity contribution in [2.75, 3.05) is 13.1 Å². The highest BCUT2D eigenvalue weighted by Gasteiger charge is 2.29. The first-order valence-corrected chi connectivity index (χ1v) is 14.1. The standard InChI is InChI=1S/C25H27BrN6O4S/c1-25(2,3)36-24(33)30-11-9-18(10-12-30)31-15-17(13-28-31)20-16-32(23-22(20)29-21(26)14-27-23)37(34,35)19-7-5-4-6-8-19/h4-8,13-16,18H,9-12H2,1-3H3. The van der Waals surface area contributed by atoms with E-state index in [1.165, 1.54) is 10.2 Å². The summed E-state index contributed by atoms with van der Waals surface area (Å²) in [5.74, 6) is 0. The maximum Gasteiger partial charge on any atom is 0.410 e. The van der Waals surface area contributed by atoms with Crippen molar-refractivity contribution in [2.45, 2.75) is 50.2 Å². The Morgan fingerprint density at radius 2 is 1.78 bits per heavy atom. The van der Waals surface area contributed by atoms with Gasteiger partial charge in [-0.05, 0) is 61.7 Å². The zero-order valence-electron chi connectivity index (χ0n) is 20.7. The average Bonchev–Trinajstić information content (AvgIpc) is 3.49. The summed E-state index contributed by atoms with van der Waals surface area (Å²) in [6.45, 7) is 6.71. The van der Waals surface area contributed by atoms with Crippen LogP contribution in [0.25, 0.3) is 22.3 Å². The number of piperidine rings is 1. The molecule has 5 rings (SSSR count). The van der Waals surface area contributed by atoms with Crippen LogP contribution in [0.4, 0.5) is 4.79 Å². The van der Waals surface area contributed by atoms with Gasteiger partial charge in [-0.2, -0.15) is 5.10 Å². The number of hydrogen-bond donors (Lipinski definition) is 0. The molecule has 0 N–H and O–H groups in total. The van der Waals surface area contributed by atoms with E-state index in [0.29, 0.717) is 28.8 Å². The van der Waals surface area contributed by atoms with Crippen LogP contribution in [0.15, 0.2) is 64.6 Å². The first-order chi connectivity index (χ1) is 17.5. The molecule has 1 amide bonds. The monoisotopic (exact) mass is 586 g/mol. The molecule has 10 nitrogen and oxygen atoms in total. The van der Waals surface area contributed by atoms with Crippen LogP contribution in [0.5, 0.6) is 0 Å². The van der Waals surface area contributed by atoms with E-state index in [0.717, 1.165) is 18.4 Å². The molecule has 1 aromatic carbocycles. The van der Waals surface area contributed by atoms with Crippen molar-refractivity contribution < 1.29 is 17.9 Å². The van der Waals surface area contributed by atoms with Crippen LogP contribution in [0.2, 0.25) is 0 Å². The number of nitrogens with zero attached hydrogens (tertiary/aromatic N) is 6. The molecule has 1 aliphatic rings. The highest BCUT2D eigenvalue weighted by Crippen LogP contribution is 2.33. The zero-order chi connectivity index (χ0) is 26.4. The number of aromatic nitrogens is 5. The average molecular weight is 587 g/mol. The van der Waals surface area contributed by atoms with Crippen molar-refractivity contribution in [3.8, 4) is 11.1 Å². The Balaban J connectivity index is 1.43. The number of likely N-dealkylation sites (tertiary alicyclic amines) is 1. The minimum Gasteiger partial charge on any atom is -0.444 e. The zero-order valence-corrected chi connectivity index (χ0v) is 23.1. The smallest absolute Gasteiger partial charge is 0.410 e. The number of halogens is 1. The third kappa shape index (κ3) is 5.12. The van der Waals surface area contributed by atoms with E-state index in [1.54, 1.807) is 47.6 Å². The second-order valence-electron chi connectivity index (χ2n) is 9.93. The third-order valence-corrected chi connectivity index (χ3v) is 8.18. The summed E-state index contributed by atoms with van der Waals surface area (Å²) >= 11 is 3.35. The molecule has 0 aliphatic carbocycles. The normalized spacial score (nSPS) is 15.3. The molecule has 1 aliphatic heterocycles. The molecule has 0 saturated carbocycles. The minimum atomic E-state index is -3.88. The highest BCUT2D eigenvalue weighted by molar-refractivity contribution is 9.10. The quantitative estimate of drug-likeness (QED) is 0.335. The lowest BCUT2D eigenvalue weighted by molar-refractivity contribution is 0.0185. The fourth-order valence-corrected chi connectivity index (χ4v) is 5.97. The molecule has 3 aromatic heterocycles. The number of hydrogen-bond acceptors (Lipinski definition) is 7. The number of carbonyl (C=O) groups excluding carboxylic acids is 1.